The van der Waals surface area contributed by atoms with Crippen molar-refractivity contribution in [3.8, 4) is 0 Å². The zero-order valence-corrected chi connectivity index (χ0v) is 16.1. The van der Waals surface area contributed by atoms with Gasteiger partial charge in [0.15, 0.2) is 7.38 Å². The molecule has 0 amide bonds. The lowest BCUT2D eigenvalue weighted by atomic mass is 9.87. The lowest BCUT2D eigenvalue weighted by Crippen LogP contribution is -2.44. The molecule has 3 rings (SSSR count). The van der Waals surface area contributed by atoms with Gasteiger partial charge in [0.25, 0.3) is 0 Å². The molecule has 0 spiro atoms. The zero-order chi connectivity index (χ0) is 16.6. The average molecular weight is 341 g/mol. The second-order valence-electron chi connectivity index (χ2n) is 7.19. The quantitative estimate of drug-likeness (QED) is 0.486. The van der Waals surface area contributed by atoms with Gasteiger partial charge in [0.2, 0.25) is 0 Å². The summed E-state index contributed by atoms with van der Waals surface area (Å²) in [6, 6.07) is 10.7. The molecule has 3 atom stereocenters. The van der Waals surface area contributed by atoms with Crippen molar-refractivity contribution in [2.45, 2.75) is 32.9 Å². The first kappa shape index (κ1) is 16.5. The molecule has 1 aromatic rings. The highest BCUT2D eigenvalue weighted by Crippen LogP contribution is 2.49. The second kappa shape index (κ2) is 6.30. The topological polar surface area (TPSA) is 0 Å². The fourth-order valence-electron chi connectivity index (χ4n) is 3.98. The van der Waals surface area contributed by atoms with Crippen LogP contribution in [0.1, 0.15) is 20.8 Å². The van der Waals surface area contributed by atoms with Gasteiger partial charge in [-0.3, -0.25) is 0 Å². The Morgan fingerprint density at radius 2 is 1.74 bits per heavy atom. The third-order valence-electron chi connectivity index (χ3n) is 5.15. The molecule has 0 aromatic heterocycles. The Labute approximate surface area is 146 Å². The molecule has 2 aliphatic rings. The summed E-state index contributed by atoms with van der Waals surface area (Å²) in [5.41, 5.74) is 4.70. The van der Waals surface area contributed by atoms with E-state index in [1.165, 1.54) is 21.9 Å². The molecule has 1 aromatic carbocycles. The van der Waals surface area contributed by atoms with Gasteiger partial charge < -0.3 is 0 Å². The van der Waals surface area contributed by atoms with Crippen molar-refractivity contribution in [2.24, 2.45) is 11.8 Å². The van der Waals surface area contributed by atoms with Crippen molar-refractivity contribution >= 4 is 23.6 Å². The number of hydrogen-bond acceptors (Lipinski definition) is 0. The van der Waals surface area contributed by atoms with E-state index in [1.807, 2.05) is 0 Å². The molecular weight excluding hydrogens is 316 g/mol. The standard InChI is InChI=1S/C21H25ClSi/c1-15(2)18-12-8-9-13-19-20(18)14-16(3)21(19)23(4,22)17-10-6-5-7-11-17/h5-15,18,21H,1-4H3. The van der Waals surface area contributed by atoms with Crippen LogP contribution in [0.4, 0.5) is 0 Å². The van der Waals surface area contributed by atoms with E-state index in [4.69, 9.17) is 11.1 Å². The molecule has 0 fully saturated rings. The van der Waals surface area contributed by atoms with E-state index in [2.05, 4.69) is 88.0 Å². The summed E-state index contributed by atoms with van der Waals surface area (Å²) in [7, 11) is -2.14. The summed E-state index contributed by atoms with van der Waals surface area (Å²) in [6.07, 6.45) is 11.4. The number of hydrogen-bond donors (Lipinski definition) is 0. The van der Waals surface area contributed by atoms with Gasteiger partial charge in [-0.05, 0) is 29.2 Å². The minimum absolute atomic E-state index is 0.360. The van der Waals surface area contributed by atoms with E-state index in [0.717, 1.165) is 0 Å². The lowest BCUT2D eigenvalue weighted by molar-refractivity contribution is 0.533. The number of rotatable bonds is 3. The summed E-state index contributed by atoms with van der Waals surface area (Å²) in [6.45, 7) is 9.15. The van der Waals surface area contributed by atoms with Crippen molar-refractivity contribution in [2.75, 3.05) is 0 Å². The van der Waals surface area contributed by atoms with Gasteiger partial charge in [-0.2, -0.15) is 11.1 Å². The largest absolute Gasteiger partial charge is 0.195 e. The molecule has 3 unspecified atom stereocenters. The van der Waals surface area contributed by atoms with Crippen LogP contribution < -0.4 is 5.19 Å². The summed E-state index contributed by atoms with van der Waals surface area (Å²) in [5, 5.41) is 1.32. The van der Waals surface area contributed by atoms with Crippen molar-refractivity contribution in [3.05, 3.63) is 77.4 Å². The molecule has 0 saturated carbocycles. The first-order chi connectivity index (χ1) is 10.9. The maximum Gasteiger partial charge on any atom is 0.195 e. The molecule has 0 aliphatic heterocycles. The summed E-state index contributed by atoms with van der Waals surface area (Å²) in [5.74, 6) is 1.08. The van der Waals surface area contributed by atoms with Crippen LogP contribution >= 0.6 is 11.1 Å². The van der Waals surface area contributed by atoms with E-state index in [-0.39, 0.29) is 0 Å². The van der Waals surface area contributed by atoms with Crippen molar-refractivity contribution in [1.82, 2.24) is 0 Å². The Kier molecular flexibility index (Phi) is 4.53. The van der Waals surface area contributed by atoms with Crippen LogP contribution in [0.15, 0.2) is 77.4 Å². The van der Waals surface area contributed by atoms with Crippen LogP contribution in [0, 0.1) is 11.8 Å². The minimum Gasteiger partial charge on any atom is -0.160 e. The van der Waals surface area contributed by atoms with E-state index >= 15 is 0 Å². The maximum absolute atomic E-state index is 7.27. The summed E-state index contributed by atoms with van der Waals surface area (Å²) >= 11 is 7.27. The predicted molar refractivity (Wildman–Crippen MR) is 105 cm³/mol. The number of allylic oxidation sites excluding steroid dienone is 8. The van der Waals surface area contributed by atoms with Gasteiger partial charge in [0, 0.05) is 11.5 Å². The van der Waals surface area contributed by atoms with Crippen LogP contribution in [0.5, 0.6) is 0 Å². The molecule has 0 saturated heterocycles. The van der Waals surface area contributed by atoms with Gasteiger partial charge in [-0.25, -0.2) is 0 Å². The van der Waals surface area contributed by atoms with Crippen molar-refractivity contribution in [1.29, 1.82) is 0 Å². The van der Waals surface area contributed by atoms with Crippen LogP contribution in [0.2, 0.25) is 12.1 Å². The molecule has 0 nitrogen and oxygen atoms in total. The van der Waals surface area contributed by atoms with Gasteiger partial charge in [0.05, 0.1) is 0 Å². The third-order valence-corrected chi connectivity index (χ3v) is 9.77. The minimum atomic E-state index is -2.14. The molecule has 2 aliphatic carbocycles. The third kappa shape index (κ3) is 2.93. The molecular formula is C21H25ClSi. The fraction of sp³-hybridized carbons (Fsp3) is 0.333. The van der Waals surface area contributed by atoms with Gasteiger partial charge in [-0.15, -0.1) is 0 Å². The number of halogens is 1. The second-order valence-corrected chi connectivity index (χ2v) is 12.8. The van der Waals surface area contributed by atoms with E-state index in [0.29, 0.717) is 17.4 Å². The molecule has 0 heterocycles. The molecule has 0 radical (unpaired) electrons. The van der Waals surface area contributed by atoms with E-state index in [1.54, 1.807) is 0 Å². The highest BCUT2D eigenvalue weighted by Gasteiger charge is 2.43. The SMILES string of the molecule is CC1=CC2=C(C=CC=CC2C(C)C)C1[Si](C)(Cl)c1ccccc1. The van der Waals surface area contributed by atoms with E-state index in [9.17, 15) is 0 Å². The Bertz CT molecular complexity index is 705. The summed E-state index contributed by atoms with van der Waals surface area (Å²) < 4.78 is 0. The molecule has 2 heteroatoms. The Hall–Kier alpha value is -1.31. The van der Waals surface area contributed by atoms with Crippen molar-refractivity contribution < 1.29 is 0 Å². The molecule has 0 N–H and O–H groups in total. The first-order valence-electron chi connectivity index (χ1n) is 8.44. The predicted octanol–water partition coefficient (Wildman–Crippen LogP) is 5.73. The molecule has 120 valence electrons. The zero-order valence-electron chi connectivity index (χ0n) is 14.4. The Morgan fingerprint density at radius 1 is 1.04 bits per heavy atom. The van der Waals surface area contributed by atoms with Crippen LogP contribution in [0.25, 0.3) is 0 Å². The summed E-state index contributed by atoms with van der Waals surface area (Å²) in [4.78, 5) is 0. The highest BCUT2D eigenvalue weighted by atomic mass is 35.6. The van der Waals surface area contributed by atoms with Gasteiger partial charge >= 0.3 is 0 Å². The first-order valence-corrected chi connectivity index (χ1v) is 12.0. The van der Waals surface area contributed by atoms with Crippen LogP contribution in [0.3, 0.4) is 0 Å². The number of benzene rings is 1. The normalized spacial score (nSPS) is 26.1. The average Bonchev–Trinajstić information content (AvgIpc) is 2.71. The van der Waals surface area contributed by atoms with Gasteiger partial charge in [0.1, 0.15) is 0 Å². The van der Waals surface area contributed by atoms with Gasteiger partial charge in [-0.1, -0.05) is 86.7 Å². The Balaban J connectivity index is 2.09. The fourth-order valence-corrected chi connectivity index (χ4v) is 8.19. The maximum atomic E-state index is 7.27. The van der Waals surface area contributed by atoms with Crippen LogP contribution in [-0.4, -0.2) is 7.38 Å². The smallest absolute Gasteiger partial charge is 0.160 e. The molecule has 23 heavy (non-hydrogen) atoms. The highest BCUT2D eigenvalue weighted by molar-refractivity contribution is 7.28. The van der Waals surface area contributed by atoms with Crippen molar-refractivity contribution in [3.63, 3.8) is 0 Å². The Morgan fingerprint density at radius 3 is 2.39 bits per heavy atom. The molecule has 0 bridgehead atoms. The van der Waals surface area contributed by atoms with E-state index < -0.39 is 7.38 Å². The lowest BCUT2D eigenvalue weighted by Gasteiger charge is -2.31. The van der Waals surface area contributed by atoms with Crippen LogP contribution in [-0.2, 0) is 0 Å². The monoisotopic (exact) mass is 340 g/mol.